The number of nitrogens with zero attached hydrogens (tertiary/aromatic N) is 3. The van der Waals surface area contributed by atoms with E-state index in [0.717, 1.165) is 24.3 Å². The average molecular weight is 300 g/mol. The van der Waals surface area contributed by atoms with E-state index in [4.69, 9.17) is 27.6 Å². The predicted octanol–water partition coefficient (Wildman–Crippen LogP) is 2.85. The van der Waals surface area contributed by atoms with Gasteiger partial charge >= 0.3 is 0 Å². The largest absolute Gasteiger partial charge is 0.448 e. The summed E-state index contributed by atoms with van der Waals surface area (Å²) >= 11 is 11.6. The topological polar surface area (TPSA) is 60.9 Å². The van der Waals surface area contributed by atoms with Crippen molar-refractivity contribution >= 4 is 23.2 Å². The second-order valence-electron chi connectivity index (χ2n) is 4.56. The van der Waals surface area contributed by atoms with Crippen LogP contribution in [-0.4, -0.2) is 14.8 Å². The van der Waals surface area contributed by atoms with Gasteiger partial charge in [-0.2, -0.15) is 5.10 Å². The molecule has 19 heavy (non-hydrogen) atoms. The maximum Gasteiger partial charge on any atom is 0.287 e. The zero-order valence-electron chi connectivity index (χ0n) is 9.97. The molecule has 0 unspecified atom stereocenters. The fourth-order valence-electron chi connectivity index (χ4n) is 2.10. The highest BCUT2D eigenvalue weighted by atomic mass is 35.5. The van der Waals surface area contributed by atoms with Crippen molar-refractivity contribution in [3.63, 3.8) is 0 Å². The molecule has 0 saturated heterocycles. The first kappa shape index (κ1) is 12.7. The number of rotatable bonds is 3. The molecular formula is C12H11Cl2N3O2. The van der Waals surface area contributed by atoms with Crippen molar-refractivity contribution in [2.75, 3.05) is 0 Å². The maximum absolute atomic E-state index is 11.9. The van der Waals surface area contributed by atoms with E-state index >= 15 is 0 Å². The Balaban J connectivity index is 1.92. The van der Waals surface area contributed by atoms with Crippen LogP contribution < -0.4 is 5.56 Å². The van der Waals surface area contributed by atoms with Crippen LogP contribution >= 0.6 is 23.2 Å². The molecule has 0 N–H and O–H groups in total. The van der Waals surface area contributed by atoms with Gasteiger partial charge in [0.05, 0.1) is 17.8 Å². The first-order chi connectivity index (χ1) is 9.16. The van der Waals surface area contributed by atoms with Crippen molar-refractivity contribution in [3.05, 3.63) is 44.4 Å². The molecule has 1 aliphatic carbocycles. The lowest BCUT2D eigenvalue weighted by atomic mass is 9.83. The Bertz CT molecular complexity index is 661. The summed E-state index contributed by atoms with van der Waals surface area (Å²) in [5, 5.41) is 4.10. The molecule has 0 atom stereocenters. The second-order valence-corrected chi connectivity index (χ2v) is 5.35. The normalized spacial score (nSPS) is 15.5. The number of hydrogen-bond donors (Lipinski definition) is 0. The molecule has 1 aliphatic rings. The van der Waals surface area contributed by atoms with E-state index in [2.05, 4.69) is 10.1 Å². The fourth-order valence-corrected chi connectivity index (χ4v) is 2.37. The quantitative estimate of drug-likeness (QED) is 0.874. The Hall–Kier alpha value is -1.33. The van der Waals surface area contributed by atoms with Gasteiger partial charge in [-0.15, -0.1) is 0 Å². The zero-order valence-corrected chi connectivity index (χ0v) is 11.5. The minimum Gasteiger partial charge on any atom is -0.448 e. The molecule has 0 radical (unpaired) electrons. The van der Waals surface area contributed by atoms with Crippen LogP contribution in [-0.2, 0) is 6.54 Å². The fraction of sp³-hybridized carbons (Fsp3) is 0.417. The first-order valence-electron chi connectivity index (χ1n) is 6.00. The van der Waals surface area contributed by atoms with Crippen molar-refractivity contribution in [3.8, 4) is 0 Å². The Kier molecular flexibility index (Phi) is 3.33. The van der Waals surface area contributed by atoms with Gasteiger partial charge in [-0.3, -0.25) is 4.79 Å². The third-order valence-corrected chi connectivity index (χ3v) is 4.14. The summed E-state index contributed by atoms with van der Waals surface area (Å²) in [5.74, 6) is 1.27. The van der Waals surface area contributed by atoms with Gasteiger partial charge in [0.25, 0.3) is 5.56 Å². The molecule has 5 nitrogen and oxygen atoms in total. The smallest absolute Gasteiger partial charge is 0.287 e. The standard InChI is InChI=1S/C12H11Cl2N3O2/c13-8-4-16-17(12(18)10(8)14)5-9-11(19-6-15-9)7-2-1-3-7/h4,6-7H,1-3,5H2. The van der Waals surface area contributed by atoms with Crippen LogP contribution in [0.4, 0.5) is 0 Å². The van der Waals surface area contributed by atoms with Crippen LogP contribution in [0.25, 0.3) is 0 Å². The molecule has 0 spiro atoms. The number of oxazole rings is 1. The zero-order chi connectivity index (χ0) is 13.4. The third-order valence-electron chi connectivity index (χ3n) is 3.39. The lowest BCUT2D eigenvalue weighted by Gasteiger charge is -2.23. The van der Waals surface area contributed by atoms with Gasteiger partial charge in [0.15, 0.2) is 6.39 Å². The van der Waals surface area contributed by atoms with Crippen LogP contribution in [0.3, 0.4) is 0 Å². The highest BCUT2D eigenvalue weighted by molar-refractivity contribution is 6.41. The second kappa shape index (κ2) is 4.98. The number of aromatic nitrogens is 3. The molecule has 0 aliphatic heterocycles. The monoisotopic (exact) mass is 299 g/mol. The van der Waals surface area contributed by atoms with Crippen molar-refractivity contribution < 1.29 is 4.42 Å². The van der Waals surface area contributed by atoms with Gasteiger partial charge < -0.3 is 4.42 Å². The van der Waals surface area contributed by atoms with Crippen LogP contribution in [0, 0.1) is 0 Å². The molecular weight excluding hydrogens is 289 g/mol. The van der Waals surface area contributed by atoms with Gasteiger partial charge in [-0.1, -0.05) is 29.6 Å². The number of halogens is 2. The van der Waals surface area contributed by atoms with Gasteiger partial charge in [0.2, 0.25) is 0 Å². The van der Waals surface area contributed by atoms with E-state index in [9.17, 15) is 4.79 Å². The highest BCUT2D eigenvalue weighted by Crippen LogP contribution is 2.37. The highest BCUT2D eigenvalue weighted by Gasteiger charge is 2.26. The van der Waals surface area contributed by atoms with Gasteiger partial charge in [0.1, 0.15) is 16.5 Å². The van der Waals surface area contributed by atoms with E-state index in [1.807, 2.05) is 0 Å². The first-order valence-corrected chi connectivity index (χ1v) is 6.76. The van der Waals surface area contributed by atoms with Crippen molar-refractivity contribution in [1.82, 2.24) is 14.8 Å². The summed E-state index contributed by atoms with van der Waals surface area (Å²) in [5.41, 5.74) is 0.314. The maximum atomic E-state index is 11.9. The summed E-state index contributed by atoms with van der Waals surface area (Å²) in [6.45, 7) is 0.248. The molecule has 2 aromatic rings. The molecule has 7 heteroatoms. The van der Waals surface area contributed by atoms with E-state index < -0.39 is 5.56 Å². The lowest BCUT2D eigenvalue weighted by Crippen LogP contribution is -2.24. The van der Waals surface area contributed by atoms with E-state index in [1.165, 1.54) is 23.7 Å². The van der Waals surface area contributed by atoms with Crippen LogP contribution in [0.1, 0.15) is 36.6 Å². The van der Waals surface area contributed by atoms with Crippen molar-refractivity contribution in [2.24, 2.45) is 0 Å². The minimum atomic E-state index is -0.420. The lowest BCUT2D eigenvalue weighted by molar-refractivity contribution is 0.342. The summed E-state index contributed by atoms with van der Waals surface area (Å²) in [4.78, 5) is 16.1. The van der Waals surface area contributed by atoms with E-state index in [0.29, 0.717) is 5.92 Å². The van der Waals surface area contributed by atoms with Gasteiger partial charge in [0, 0.05) is 5.92 Å². The molecule has 0 aromatic carbocycles. The van der Waals surface area contributed by atoms with E-state index in [1.54, 1.807) is 0 Å². The summed E-state index contributed by atoms with van der Waals surface area (Å²) in [6.07, 6.45) is 6.17. The van der Waals surface area contributed by atoms with Crippen molar-refractivity contribution in [1.29, 1.82) is 0 Å². The summed E-state index contributed by atoms with van der Waals surface area (Å²) in [7, 11) is 0. The van der Waals surface area contributed by atoms with Gasteiger partial charge in [-0.25, -0.2) is 9.67 Å². The number of hydrogen-bond acceptors (Lipinski definition) is 4. The van der Waals surface area contributed by atoms with Gasteiger partial charge in [-0.05, 0) is 12.8 Å². The van der Waals surface area contributed by atoms with E-state index in [-0.39, 0.29) is 16.6 Å². The van der Waals surface area contributed by atoms with Crippen LogP contribution in [0.2, 0.25) is 10.0 Å². The molecule has 1 saturated carbocycles. The minimum absolute atomic E-state index is 0.0228. The Morgan fingerprint density at radius 1 is 1.42 bits per heavy atom. The van der Waals surface area contributed by atoms with Crippen molar-refractivity contribution in [2.45, 2.75) is 31.7 Å². The molecule has 2 heterocycles. The Morgan fingerprint density at radius 3 is 2.89 bits per heavy atom. The molecule has 0 amide bonds. The summed E-state index contributed by atoms with van der Waals surface area (Å²) < 4.78 is 6.67. The Labute approximate surface area is 119 Å². The third kappa shape index (κ3) is 2.28. The molecule has 2 aromatic heterocycles. The SMILES string of the molecule is O=c1c(Cl)c(Cl)cnn1Cc1ncoc1C1CCC1. The summed E-state index contributed by atoms with van der Waals surface area (Å²) in [6, 6.07) is 0. The molecule has 100 valence electrons. The van der Waals surface area contributed by atoms with Crippen LogP contribution in [0.5, 0.6) is 0 Å². The molecule has 1 fully saturated rings. The van der Waals surface area contributed by atoms with Crippen LogP contribution in [0.15, 0.2) is 21.8 Å². The molecule has 3 rings (SSSR count). The predicted molar refractivity (Wildman–Crippen MR) is 70.7 cm³/mol. The Morgan fingerprint density at radius 2 is 2.21 bits per heavy atom. The molecule has 0 bridgehead atoms. The average Bonchev–Trinajstić information content (AvgIpc) is 2.76.